The fraction of sp³-hybridized carbons (Fsp3) is 0.522. The fourth-order valence-corrected chi connectivity index (χ4v) is 7.19. The Morgan fingerprint density at radius 3 is 2.79 bits per heavy atom. The zero-order chi connectivity index (χ0) is 24.5. The number of morpholine rings is 1. The summed E-state index contributed by atoms with van der Waals surface area (Å²) in [7, 11) is -4.16. The lowest BCUT2D eigenvalue weighted by molar-refractivity contribution is -0.138. The highest BCUT2D eigenvalue weighted by atomic mass is 35.5. The number of fused-ring (bicyclic) bond motifs is 1. The predicted octanol–water partition coefficient (Wildman–Crippen LogP) is 2.75. The Morgan fingerprint density at radius 1 is 1.35 bits per heavy atom. The van der Waals surface area contributed by atoms with Gasteiger partial charge in [-0.15, -0.1) is 11.6 Å². The number of hydrogen-bond donors (Lipinski definition) is 1. The van der Waals surface area contributed by atoms with Crippen molar-refractivity contribution in [2.45, 2.75) is 38.2 Å². The number of allylic oxidation sites excluding steroid dienone is 1. The van der Waals surface area contributed by atoms with E-state index in [0.29, 0.717) is 5.75 Å². The lowest BCUT2D eigenvalue weighted by Gasteiger charge is -2.39. The number of nitrogens with zero attached hydrogens (tertiary/aromatic N) is 2. The minimum absolute atomic E-state index is 0.0575. The summed E-state index contributed by atoms with van der Waals surface area (Å²) in [5, 5.41) is 7.93. The second kappa shape index (κ2) is 9.77. The lowest BCUT2D eigenvalue weighted by atomic mass is 9.73. The molecule has 1 aromatic carbocycles. The summed E-state index contributed by atoms with van der Waals surface area (Å²) in [6, 6.07) is 9.20. The maximum Gasteiger partial charge on any atom is 0.358 e. The van der Waals surface area contributed by atoms with Gasteiger partial charge in [0.2, 0.25) is 10.0 Å². The number of sulfonamides is 1. The standard InChI is InChI=1S/C23H28ClN3O6S/c1-3-31-22(28)19-21(23(2)12-15(24)11-18(25)20(23)26-19)34(29,30)27-9-10-32-17(13-27)14-33-16-7-5-4-6-8-16/h4-8,15,17,25H,3,9-14H2,1-2H3. The molecule has 1 aliphatic carbocycles. The molecule has 34 heavy (non-hydrogen) atoms. The van der Waals surface area contributed by atoms with Crippen LogP contribution in [0.25, 0.3) is 0 Å². The van der Waals surface area contributed by atoms with E-state index in [0.717, 1.165) is 0 Å². The molecule has 1 saturated carbocycles. The van der Waals surface area contributed by atoms with E-state index in [1.54, 1.807) is 13.8 Å². The molecule has 2 fully saturated rings. The average molecular weight is 510 g/mol. The van der Waals surface area contributed by atoms with E-state index < -0.39 is 32.9 Å². The van der Waals surface area contributed by atoms with Gasteiger partial charge in [0.05, 0.1) is 30.1 Å². The molecule has 0 amide bonds. The largest absolute Gasteiger partial charge is 0.491 e. The minimum Gasteiger partial charge on any atom is -0.491 e. The van der Waals surface area contributed by atoms with Gasteiger partial charge in [-0.25, -0.2) is 18.2 Å². The SMILES string of the molecule is CCOC(=O)C1=C(S(=O)(=O)N2CCOC(COc3ccccc3)C2)C2(C)CC(Cl)CC(=N)C2=N1. The zero-order valence-corrected chi connectivity index (χ0v) is 20.7. The van der Waals surface area contributed by atoms with Crippen molar-refractivity contribution in [1.82, 2.24) is 4.31 Å². The first-order valence-corrected chi connectivity index (χ1v) is 13.1. The molecule has 0 aromatic heterocycles. The molecule has 3 aliphatic rings. The van der Waals surface area contributed by atoms with Crippen LogP contribution in [0.3, 0.4) is 0 Å². The number of para-hydroxylation sites is 1. The van der Waals surface area contributed by atoms with Crippen molar-refractivity contribution in [2.24, 2.45) is 10.4 Å². The number of esters is 1. The zero-order valence-electron chi connectivity index (χ0n) is 19.1. The first kappa shape index (κ1) is 24.8. The third kappa shape index (κ3) is 4.64. The van der Waals surface area contributed by atoms with Crippen LogP contribution in [0.5, 0.6) is 5.75 Å². The quantitative estimate of drug-likeness (QED) is 0.446. The third-order valence-electron chi connectivity index (χ3n) is 6.15. The van der Waals surface area contributed by atoms with E-state index in [1.165, 1.54) is 4.31 Å². The lowest BCUT2D eigenvalue weighted by Crippen LogP contribution is -2.51. The molecular formula is C23H28ClN3O6S. The number of rotatable bonds is 7. The van der Waals surface area contributed by atoms with Crippen molar-refractivity contribution < 1.29 is 27.4 Å². The van der Waals surface area contributed by atoms with Gasteiger partial charge in [0.1, 0.15) is 23.4 Å². The van der Waals surface area contributed by atoms with Crippen LogP contribution in [0.15, 0.2) is 45.9 Å². The molecule has 0 bridgehead atoms. The Hall–Kier alpha value is -2.27. The Kier molecular flexibility index (Phi) is 7.14. The molecular weight excluding hydrogens is 482 g/mol. The van der Waals surface area contributed by atoms with Gasteiger partial charge in [0.25, 0.3) is 0 Å². The molecule has 0 radical (unpaired) electrons. The molecule has 0 spiro atoms. The summed E-state index contributed by atoms with van der Waals surface area (Å²) in [5.41, 5.74) is -1.05. The van der Waals surface area contributed by atoms with Crippen LogP contribution in [-0.4, -0.2) is 74.5 Å². The average Bonchev–Trinajstić information content (AvgIpc) is 3.12. The first-order valence-electron chi connectivity index (χ1n) is 11.2. The Bertz CT molecular complexity index is 1140. The highest BCUT2D eigenvalue weighted by Crippen LogP contribution is 2.49. The maximum atomic E-state index is 14.0. The van der Waals surface area contributed by atoms with Gasteiger partial charge in [-0.05, 0) is 32.4 Å². The number of carbonyl (C=O) groups excluding carboxylic acids is 1. The van der Waals surface area contributed by atoms with Crippen molar-refractivity contribution in [3.05, 3.63) is 40.9 Å². The molecule has 1 aromatic rings. The molecule has 184 valence electrons. The molecule has 3 unspecified atom stereocenters. The van der Waals surface area contributed by atoms with Crippen molar-refractivity contribution in [1.29, 1.82) is 5.41 Å². The van der Waals surface area contributed by atoms with E-state index >= 15 is 0 Å². The Morgan fingerprint density at radius 2 is 2.09 bits per heavy atom. The van der Waals surface area contributed by atoms with Gasteiger partial charge >= 0.3 is 5.97 Å². The van der Waals surface area contributed by atoms with Gasteiger partial charge < -0.3 is 19.6 Å². The number of aliphatic imine (C=N–C) groups is 1. The highest BCUT2D eigenvalue weighted by Gasteiger charge is 2.55. The number of ether oxygens (including phenoxy) is 3. The summed E-state index contributed by atoms with van der Waals surface area (Å²) >= 11 is 6.40. The summed E-state index contributed by atoms with van der Waals surface area (Å²) in [6.45, 7) is 3.93. The predicted molar refractivity (Wildman–Crippen MR) is 128 cm³/mol. The third-order valence-corrected chi connectivity index (χ3v) is 8.63. The molecule has 2 heterocycles. The van der Waals surface area contributed by atoms with Gasteiger partial charge in [0.15, 0.2) is 5.70 Å². The minimum atomic E-state index is -4.16. The molecule has 3 atom stereocenters. The number of benzene rings is 1. The van der Waals surface area contributed by atoms with Gasteiger partial charge in [0, 0.05) is 24.9 Å². The topological polar surface area (TPSA) is 118 Å². The van der Waals surface area contributed by atoms with Crippen LogP contribution in [0.4, 0.5) is 0 Å². The van der Waals surface area contributed by atoms with Gasteiger partial charge in [-0.2, -0.15) is 4.31 Å². The summed E-state index contributed by atoms with van der Waals surface area (Å²) in [4.78, 5) is 16.9. The number of alkyl halides is 1. The van der Waals surface area contributed by atoms with E-state index in [9.17, 15) is 13.2 Å². The fourth-order valence-electron chi connectivity index (χ4n) is 4.67. The maximum absolute atomic E-state index is 14.0. The van der Waals surface area contributed by atoms with E-state index in [2.05, 4.69) is 4.99 Å². The molecule has 11 heteroatoms. The van der Waals surface area contributed by atoms with Crippen molar-refractivity contribution in [3.8, 4) is 5.75 Å². The second-order valence-electron chi connectivity index (χ2n) is 8.65. The van der Waals surface area contributed by atoms with Crippen LogP contribution in [-0.2, 0) is 24.3 Å². The van der Waals surface area contributed by atoms with E-state index in [-0.39, 0.29) is 67.8 Å². The summed E-state index contributed by atoms with van der Waals surface area (Å²) in [5.74, 6) is -0.158. The van der Waals surface area contributed by atoms with Crippen LogP contribution in [0.2, 0.25) is 0 Å². The molecule has 2 aliphatic heterocycles. The van der Waals surface area contributed by atoms with E-state index in [4.69, 9.17) is 31.2 Å². The molecule has 1 saturated heterocycles. The molecule has 9 nitrogen and oxygen atoms in total. The number of halogens is 1. The monoisotopic (exact) mass is 509 g/mol. The van der Waals surface area contributed by atoms with Crippen molar-refractivity contribution in [2.75, 3.05) is 32.9 Å². The first-order chi connectivity index (χ1) is 16.2. The Labute approximate surface area is 204 Å². The second-order valence-corrected chi connectivity index (χ2v) is 11.1. The van der Waals surface area contributed by atoms with Crippen LogP contribution >= 0.6 is 11.6 Å². The molecule has 1 N–H and O–H groups in total. The smallest absolute Gasteiger partial charge is 0.358 e. The van der Waals surface area contributed by atoms with Gasteiger partial charge in [-0.1, -0.05) is 18.2 Å². The van der Waals surface area contributed by atoms with Crippen molar-refractivity contribution >= 4 is 39.0 Å². The van der Waals surface area contributed by atoms with Gasteiger partial charge in [-0.3, -0.25) is 0 Å². The van der Waals surface area contributed by atoms with Crippen LogP contribution in [0.1, 0.15) is 26.7 Å². The Balaban J connectivity index is 1.63. The normalized spacial score (nSPS) is 27.9. The van der Waals surface area contributed by atoms with Crippen molar-refractivity contribution in [3.63, 3.8) is 0 Å². The number of carbonyl (C=O) groups is 1. The van der Waals surface area contributed by atoms with E-state index in [1.807, 2.05) is 30.3 Å². The summed E-state index contributed by atoms with van der Waals surface area (Å²) < 4.78 is 45.9. The number of hydrogen-bond acceptors (Lipinski definition) is 8. The summed E-state index contributed by atoms with van der Waals surface area (Å²) in [6.07, 6.45) is 0.0176. The highest BCUT2D eigenvalue weighted by molar-refractivity contribution is 7.93. The number of nitrogens with one attached hydrogen (secondary N) is 1. The molecule has 4 rings (SSSR count). The van der Waals surface area contributed by atoms with Crippen LogP contribution < -0.4 is 4.74 Å². The van der Waals surface area contributed by atoms with Crippen LogP contribution in [0, 0.1) is 10.8 Å².